The molecule has 96 valence electrons. The summed E-state index contributed by atoms with van der Waals surface area (Å²) in [4.78, 5) is 16.7. The average Bonchev–Trinajstić information content (AvgIpc) is 2.71. The second-order valence-corrected chi connectivity index (χ2v) is 5.25. The molecule has 0 spiro atoms. The highest BCUT2D eigenvalue weighted by Gasteiger charge is 2.31. The predicted octanol–water partition coefficient (Wildman–Crippen LogP) is 2.04. The molecule has 0 saturated carbocycles. The van der Waals surface area contributed by atoms with E-state index in [0.717, 1.165) is 10.0 Å². The first-order valence-electron chi connectivity index (χ1n) is 5.75. The van der Waals surface area contributed by atoms with Gasteiger partial charge in [0, 0.05) is 15.6 Å². The molecule has 2 aromatic rings. The summed E-state index contributed by atoms with van der Waals surface area (Å²) >= 11 is 3.34. The van der Waals surface area contributed by atoms with Crippen molar-refractivity contribution >= 4 is 21.7 Å². The van der Waals surface area contributed by atoms with Crippen LogP contribution in [0.25, 0.3) is 11.3 Å². The third kappa shape index (κ3) is 1.82. The summed E-state index contributed by atoms with van der Waals surface area (Å²) in [5.74, 6) is -0.132. The van der Waals surface area contributed by atoms with Gasteiger partial charge in [-0.3, -0.25) is 4.79 Å². The summed E-state index contributed by atoms with van der Waals surface area (Å²) in [6.45, 7) is -0.473. The van der Waals surface area contributed by atoms with Crippen molar-refractivity contribution < 1.29 is 15.0 Å². The Morgan fingerprint density at radius 1 is 1.11 bits per heavy atom. The van der Waals surface area contributed by atoms with E-state index in [1.165, 1.54) is 0 Å². The molecule has 1 heterocycles. The molecule has 19 heavy (non-hydrogen) atoms. The van der Waals surface area contributed by atoms with Crippen LogP contribution >= 0.6 is 15.9 Å². The zero-order chi connectivity index (χ0) is 13.6. The highest BCUT2D eigenvalue weighted by Crippen LogP contribution is 2.38. The number of pyridine rings is 1. The maximum Gasteiger partial charge on any atom is 0.196 e. The smallest absolute Gasteiger partial charge is 0.196 e. The first-order chi connectivity index (χ1) is 9.15. The number of hydrogen-bond acceptors (Lipinski definition) is 4. The van der Waals surface area contributed by atoms with E-state index in [2.05, 4.69) is 20.9 Å². The van der Waals surface area contributed by atoms with Crippen LogP contribution in [0.3, 0.4) is 0 Å². The third-order valence-corrected chi connectivity index (χ3v) is 3.69. The minimum Gasteiger partial charge on any atom is -0.392 e. The first-order valence-corrected chi connectivity index (χ1v) is 6.54. The molecule has 0 atom stereocenters. The molecule has 0 amide bonds. The second kappa shape index (κ2) is 4.52. The molecule has 5 heteroatoms. The number of ketones is 1. The number of nitrogens with zero attached hydrogens (tertiary/aromatic N) is 1. The Bertz CT molecular complexity index is 697. The number of hydrogen-bond donors (Lipinski definition) is 2. The number of halogens is 1. The van der Waals surface area contributed by atoms with E-state index in [9.17, 15) is 15.0 Å². The molecule has 2 N–H and O–H groups in total. The molecule has 1 aliphatic carbocycles. The Balaban J connectivity index is 2.33. The van der Waals surface area contributed by atoms with Crippen LogP contribution < -0.4 is 0 Å². The van der Waals surface area contributed by atoms with Crippen molar-refractivity contribution in [2.24, 2.45) is 0 Å². The molecule has 3 rings (SSSR count). The quantitative estimate of drug-likeness (QED) is 0.758. The predicted molar refractivity (Wildman–Crippen MR) is 72.7 cm³/mol. The lowest BCUT2D eigenvalue weighted by molar-refractivity contribution is 0.104. The summed E-state index contributed by atoms with van der Waals surface area (Å²) in [6, 6.07) is 6.97. The molecule has 0 saturated heterocycles. The van der Waals surface area contributed by atoms with E-state index in [4.69, 9.17) is 0 Å². The maximum atomic E-state index is 12.4. The van der Waals surface area contributed by atoms with Crippen molar-refractivity contribution in [3.8, 4) is 11.3 Å². The van der Waals surface area contributed by atoms with Gasteiger partial charge in [-0.1, -0.05) is 22.0 Å². The van der Waals surface area contributed by atoms with E-state index < -0.39 is 0 Å². The highest BCUT2D eigenvalue weighted by atomic mass is 79.9. The fourth-order valence-electron chi connectivity index (χ4n) is 2.36. The number of aromatic nitrogens is 1. The number of aliphatic hydroxyl groups is 2. The Morgan fingerprint density at radius 3 is 2.58 bits per heavy atom. The molecule has 0 fully saturated rings. The standard InChI is InChI=1S/C14H10BrNO3/c15-8-1-2-10-11(4-8)14(19)12-7(5-17)3-9(6-18)16-13(10)12/h1-4,17-18H,5-6H2. The monoisotopic (exact) mass is 319 g/mol. The number of rotatable bonds is 2. The van der Waals surface area contributed by atoms with Gasteiger partial charge in [0.1, 0.15) is 0 Å². The van der Waals surface area contributed by atoms with Crippen LogP contribution in [0.1, 0.15) is 27.2 Å². The Hall–Kier alpha value is -1.56. The van der Waals surface area contributed by atoms with Gasteiger partial charge < -0.3 is 10.2 Å². The van der Waals surface area contributed by atoms with E-state index >= 15 is 0 Å². The fourth-order valence-corrected chi connectivity index (χ4v) is 2.72. The molecular weight excluding hydrogens is 310 g/mol. The van der Waals surface area contributed by atoms with Gasteiger partial charge in [-0.25, -0.2) is 4.98 Å². The van der Waals surface area contributed by atoms with Crippen LogP contribution in [-0.4, -0.2) is 21.0 Å². The number of benzene rings is 1. The van der Waals surface area contributed by atoms with Gasteiger partial charge in [-0.05, 0) is 23.8 Å². The van der Waals surface area contributed by atoms with E-state index in [1.807, 2.05) is 12.1 Å². The summed E-state index contributed by atoms with van der Waals surface area (Å²) < 4.78 is 0.820. The van der Waals surface area contributed by atoms with E-state index in [1.54, 1.807) is 12.1 Å². The minimum absolute atomic E-state index is 0.132. The van der Waals surface area contributed by atoms with Crippen LogP contribution in [-0.2, 0) is 13.2 Å². The van der Waals surface area contributed by atoms with Crippen molar-refractivity contribution in [2.45, 2.75) is 13.2 Å². The second-order valence-electron chi connectivity index (χ2n) is 4.33. The zero-order valence-electron chi connectivity index (χ0n) is 9.85. The van der Waals surface area contributed by atoms with Crippen LogP contribution in [0.2, 0.25) is 0 Å². The normalized spacial score (nSPS) is 12.5. The van der Waals surface area contributed by atoms with Gasteiger partial charge in [-0.15, -0.1) is 0 Å². The first kappa shape index (κ1) is 12.5. The van der Waals surface area contributed by atoms with Gasteiger partial charge in [0.2, 0.25) is 0 Å². The lowest BCUT2D eigenvalue weighted by atomic mass is 10.0. The Morgan fingerprint density at radius 2 is 1.89 bits per heavy atom. The lowest BCUT2D eigenvalue weighted by Gasteiger charge is -2.06. The van der Waals surface area contributed by atoms with Gasteiger partial charge in [0.15, 0.2) is 5.78 Å². The third-order valence-electron chi connectivity index (χ3n) is 3.19. The van der Waals surface area contributed by atoms with Crippen LogP contribution in [0.5, 0.6) is 0 Å². The van der Waals surface area contributed by atoms with Gasteiger partial charge in [0.05, 0.1) is 30.2 Å². The molecule has 1 aliphatic rings. The molecule has 4 nitrogen and oxygen atoms in total. The van der Waals surface area contributed by atoms with Crippen molar-refractivity contribution in [2.75, 3.05) is 0 Å². The topological polar surface area (TPSA) is 70.4 Å². The summed E-state index contributed by atoms with van der Waals surface area (Å²) in [7, 11) is 0. The summed E-state index contributed by atoms with van der Waals surface area (Å²) in [5.41, 5.74) is 3.25. The van der Waals surface area contributed by atoms with Crippen molar-refractivity contribution in [1.29, 1.82) is 0 Å². The van der Waals surface area contributed by atoms with Gasteiger partial charge in [0.25, 0.3) is 0 Å². The molecule has 0 unspecified atom stereocenters. The summed E-state index contributed by atoms with van der Waals surface area (Å²) in [5, 5.41) is 18.6. The Kier molecular flexibility index (Phi) is 2.97. The number of fused-ring (bicyclic) bond motifs is 3. The Labute approximate surface area is 117 Å². The van der Waals surface area contributed by atoms with Crippen molar-refractivity contribution in [3.05, 3.63) is 51.1 Å². The summed E-state index contributed by atoms with van der Waals surface area (Å²) in [6.07, 6.45) is 0. The molecule has 0 radical (unpaired) electrons. The molecule has 1 aromatic heterocycles. The number of carbonyl (C=O) groups excluding carboxylic acids is 1. The number of aliphatic hydroxyl groups excluding tert-OH is 2. The minimum atomic E-state index is -0.251. The molecule has 0 bridgehead atoms. The van der Waals surface area contributed by atoms with Crippen molar-refractivity contribution in [3.63, 3.8) is 0 Å². The lowest BCUT2D eigenvalue weighted by Crippen LogP contribution is -2.04. The highest BCUT2D eigenvalue weighted by molar-refractivity contribution is 9.10. The van der Waals surface area contributed by atoms with Crippen molar-refractivity contribution in [1.82, 2.24) is 4.98 Å². The van der Waals surface area contributed by atoms with Crippen LogP contribution in [0.4, 0.5) is 0 Å². The van der Waals surface area contributed by atoms with Gasteiger partial charge in [-0.2, -0.15) is 0 Å². The molecule has 1 aromatic carbocycles. The molecular formula is C14H10BrNO3. The van der Waals surface area contributed by atoms with E-state index in [0.29, 0.717) is 28.1 Å². The number of carbonyl (C=O) groups is 1. The maximum absolute atomic E-state index is 12.4. The SMILES string of the molecule is O=C1c2cc(Br)ccc2-c2nc(CO)cc(CO)c21. The van der Waals surface area contributed by atoms with Gasteiger partial charge >= 0.3 is 0 Å². The van der Waals surface area contributed by atoms with E-state index in [-0.39, 0.29) is 19.0 Å². The van der Waals surface area contributed by atoms with Crippen LogP contribution in [0.15, 0.2) is 28.7 Å². The van der Waals surface area contributed by atoms with Crippen LogP contribution in [0, 0.1) is 0 Å². The zero-order valence-corrected chi connectivity index (χ0v) is 11.4. The fraction of sp³-hybridized carbons (Fsp3) is 0.143. The average molecular weight is 320 g/mol. The largest absolute Gasteiger partial charge is 0.392 e. The molecule has 0 aliphatic heterocycles.